The first-order valence-corrected chi connectivity index (χ1v) is 8.01. The summed E-state index contributed by atoms with van der Waals surface area (Å²) < 4.78 is 11.2. The summed E-state index contributed by atoms with van der Waals surface area (Å²) in [5, 5.41) is 2.96. The lowest BCUT2D eigenvalue weighted by molar-refractivity contribution is -0.140. The van der Waals surface area contributed by atoms with E-state index in [1.54, 1.807) is 0 Å². The zero-order chi connectivity index (χ0) is 16.8. The Morgan fingerprint density at radius 3 is 2.45 bits per heavy atom. The van der Waals surface area contributed by atoms with Gasteiger partial charge in [0.25, 0.3) is 5.91 Å². The maximum absolute atomic E-state index is 12.6. The molecular weight excluding hydrogens is 278 g/mol. The first-order chi connectivity index (χ1) is 10.3. The van der Waals surface area contributed by atoms with Crippen molar-refractivity contribution in [2.45, 2.75) is 53.6 Å². The van der Waals surface area contributed by atoms with Crippen LogP contribution < -0.4 is 10.1 Å². The second-order valence-corrected chi connectivity index (χ2v) is 6.13. The first-order valence-electron chi connectivity index (χ1n) is 8.01. The summed E-state index contributed by atoms with van der Waals surface area (Å²) in [5.41, 5.74) is 0.956. The maximum Gasteiger partial charge on any atom is 0.256 e. The number of carbonyl (C=O) groups is 1. The molecule has 0 heterocycles. The molecule has 0 spiro atoms. The fraction of sp³-hybridized carbons (Fsp3) is 0.611. The number of amides is 1. The largest absolute Gasteiger partial charge is 0.494 e. The lowest BCUT2D eigenvalue weighted by Crippen LogP contribution is -2.44. The summed E-state index contributed by atoms with van der Waals surface area (Å²) in [7, 11) is 0. The van der Waals surface area contributed by atoms with E-state index < -0.39 is 5.60 Å². The van der Waals surface area contributed by atoms with Gasteiger partial charge >= 0.3 is 0 Å². The van der Waals surface area contributed by atoms with E-state index in [-0.39, 0.29) is 5.91 Å². The third-order valence-corrected chi connectivity index (χ3v) is 3.47. The molecule has 4 nitrogen and oxygen atoms in total. The standard InChI is InChI=1S/C18H29NO3/c1-7-21-16-10-9-15(11-14(16)5)19-17(20)18(6,22-8-2)12-13(3)4/h9-11,13H,7-8,12H2,1-6H3,(H,19,20)/t18-/m1/s1. The van der Waals surface area contributed by atoms with Crippen LogP contribution in [0.3, 0.4) is 0 Å². The van der Waals surface area contributed by atoms with Crippen LogP contribution in [-0.4, -0.2) is 24.7 Å². The van der Waals surface area contributed by atoms with Crippen molar-refractivity contribution in [3.05, 3.63) is 23.8 Å². The van der Waals surface area contributed by atoms with Gasteiger partial charge in [-0.2, -0.15) is 0 Å². The molecule has 0 aliphatic heterocycles. The number of hydrogen-bond acceptors (Lipinski definition) is 3. The third-order valence-electron chi connectivity index (χ3n) is 3.47. The minimum Gasteiger partial charge on any atom is -0.494 e. The average Bonchev–Trinajstić information content (AvgIpc) is 2.41. The molecule has 0 fully saturated rings. The molecule has 0 aromatic heterocycles. The van der Waals surface area contributed by atoms with Gasteiger partial charge in [0.05, 0.1) is 6.61 Å². The Morgan fingerprint density at radius 1 is 1.27 bits per heavy atom. The van der Waals surface area contributed by atoms with E-state index in [9.17, 15) is 4.79 Å². The van der Waals surface area contributed by atoms with Crippen LogP contribution in [0, 0.1) is 12.8 Å². The summed E-state index contributed by atoms with van der Waals surface area (Å²) >= 11 is 0. The Bertz CT molecular complexity index is 499. The van der Waals surface area contributed by atoms with Gasteiger partial charge in [0.15, 0.2) is 0 Å². The van der Waals surface area contributed by atoms with Crippen molar-refractivity contribution in [3.63, 3.8) is 0 Å². The van der Waals surface area contributed by atoms with Crippen molar-refractivity contribution in [2.75, 3.05) is 18.5 Å². The predicted molar refractivity (Wildman–Crippen MR) is 90.5 cm³/mol. The van der Waals surface area contributed by atoms with Crippen molar-refractivity contribution in [2.24, 2.45) is 5.92 Å². The molecule has 0 radical (unpaired) electrons. The third kappa shape index (κ3) is 5.02. The molecule has 0 aliphatic rings. The van der Waals surface area contributed by atoms with Crippen LogP contribution in [-0.2, 0) is 9.53 Å². The lowest BCUT2D eigenvalue weighted by atomic mass is 9.93. The van der Waals surface area contributed by atoms with Gasteiger partial charge in [-0.1, -0.05) is 13.8 Å². The van der Waals surface area contributed by atoms with Gasteiger partial charge in [-0.25, -0.2) is 0 Å². The molecule has 4 heteroatoms. The lowest BCUT2D eigenvalue weighted by Gasteiger charge is -2.30. The zero-order valence-electron chi connectivity index (χ0n) is 14.7. The van der Waals surface area contributed by atoms with Gasteiger partial charge in [-0.15, -0.1) is 0 Å². The molecule has 0 unspecified atom stereocenters. The molecule has 0 saturated carbocycles. The minimum atomic E-state index is -0.810. The molecule has 124 valence electrons. The molecule has 1 aromatic rings. The van der Waals surface area contributed by atoms with Crippen molar-refractivity contribution < 1.29 is 14.3 Å². The molecule has 1 atom stereocenters. The van der Waals surface area contributed by atoms with E-state index in [4.69, 9.17) is 9.47 Å². The molecule has 22 heavy (non-hydrogen) atoms. The van der Waals surface area contributed by atoms with Gasteiger partial charge in [-0.3, -0.25) is 4.79 Å². The van der Waals surface area contributed by atoms with E-state index in [0.29, 0.717) is 25.6 Å². The quantitative estimate of drug-likeness (QED) is 0.784. The zero-order valence-corrected chi connectivity index (χ0v) is 14.7. The normalized spacial score (nSPS) is 13.8. The van der Waals surface area contributed by atoms with Gasteiger partial charge in [0, 0.05) is 12.3 Å². The monoisotopic (exact) mass is 307 g/mol. The molecule has 1 rings (SSSR count). The molecule has 0 bridgehead atoms. The van der Waals surface area contributed by atoms with E-state index >= 15 is 0 Å². The fourth-order valence-electron chi connectivity index (χ4n) is 2.62. The van der Waals surface area contributed by atoms with Crippen molar-refractivity contribution >= 4 is 11.6 Å². The molecular formula is C18H29NO3. The van der Waals surface area contributed by atoms with Crippen LogP contribution in [0.4, 0.5) is 5.69 Å². The predicted octanol–water partition coefficient (Wildman–Crippen LogP) is 4.17. The average molecular weight is 307 g/mol. The van der Waals surface area contributed by atoms with Gasteiger partial charge < -0.3 is 14.8 Å². The number of ether oxygens (including phenoxy) is 2. The van der Waals surface area contributed by atoms with Crippen LogP contribution in [0.25, 0.3) is 0 Å². The summed E-state index contributed by atoms with van der Waals surface area (Å²) in [6, 6.07) is 5.66. The number of nitrogens with one attached hydrogen (secondary N) is 1. The van der Waals surface area contributed by atoms with Crippen LogP contribution in [0.15, 0.2) is 18.2 Å². The van der Waals surface area contributed by atoms with Gasteiger partial charge in [0.1, 0.15) is 11.4 Å². The topological polar surface area (TPSA) is 47.6 Å². The summed E-state index contributed by atoms with van der Waals surface area (Å²) in [5.74, 6) is 1.12. The van der Waals surface area contributed by atoms with Crippen molar-refractivity contribution in [3.8, 4) is 5.75 Å². The first kappa shape index (κ1) is 18.5. The molecule has 1 aromatic carbocycles. The van der Waals surface area contributed by atoms with Crippen LogP contribution in [0.5, 0.6) is 5.75 Å². The highest BCUT2D eigenvalue weighted by Crippen LogP contribution is 2.26. The SMILES string of the molecule is CCOc1ccc(NC(=O)[C@@](C)(CC(C)C)OCC)cc1C. The van der Waals surface area contributed by atoms with Crippen molar-refractivity contribution in [1.82, 2.24) is 0 Å². The van der Waals surface area contributed by atoms with Gasteiger partial charge in [-0.05, 0) is 63.8 Å². The number of benzene rings is 1. The molecule has 1 amide bonds. The van der Waals surface area contributed by atoms with Crippen LogP contribution in [0.1, 0.15) is 46.6 Å². The van der Waals surface area contributed by atoms with Crippen LogP contribution in [0.2, 0.25) is 0 Å². The highest BCUT2D eigenvalue weighted by molar-refractivity contribution is 5.97. The number of anilines is 1. The number of aryl methyl sites for hydroxylation is 1. The number of rotatable bonds is 8. The summed E-state index contributed by atoms with van der Waals surface area (Å²) in [6.45, 7) is 13.0. The highest BCUT2D eigenvalue weighted by atomic mass is 16.5. The summed E-state index contributed by atoms with van der Waals surface area (Å²) in [4.78, 5) is 12.6. The Labute approximate surface area is 134 Å². The molecule has 0 saturated heterocycles. The fourth-order valence-corrected chi connectivity index (χ4v) is 2.62. The van der Waals surface area contributed by atoms with Crippen LogP contribution >= 0.6 is 0 Å². The van der Waals surface area contributed by atoms with E-state index in [2.05, 4.69) is 19.2 Å². The second-order valence-electron chi connectivity index (χ2n) is 6.13. The minimum absolute atomic E-state index is 0.105. The smallest absolute Gasteiger partial charge is 0.256 e. The Hall–Kier alpha value is -1.55. The second kappa shape index (κ2) is 8.18. The van der Waals surface area contributed by atoms with Gasteiger partial charge in [0.2, 0.25) is 0 Å². The highest BCUT2D eigenvalue weighted by Gasteiger charge is 2.34. The maximum atomic E-state index is 12.6. The Balaban J connectivity index is 2.87. The molecule has 0 aliphatic carbocycles. The number of hydrogen-bond donors (Lipinski definition) is 1. The van der Waals surface area contributed by atoms with Crippen molar-refractivity contribution in [1.29, 1.82) is 0 Å². The Morgan fingerprint density at radius 2 is 1.95 bits per heavy atom. The van der Waals surface area contributed by atoms with E-state index in [0.717, 1.165) is 17.0 Å². The molecule has 1 N–H and O–H groups in total. The van der Waals surface area contributed by atoms with E-state index in [1.165, 1.54) is 0 Å². The Kier molecular flexibility index (Phi) is 6.88. The van der Waals surface area contributed by atoms with E-state index in [1.807, 2.05) is 45.9 Å². The number of carbonyl (C=O) groups excluding carboxylic acids is 1. The summed E-state index contributed by atoms with van der Waals surface area (Å²) in [6.07, 6.45) is 0.683.